The number of carbonyl (C=O) groups is 2. The number of anilines is 1. The topological polar surface area (TPSA) is 114 Å². The molecule has 0 saturated carbocycles. The smallest absolute Gasteiger partial charge is 0.269 e. The third kappa shape index (κ3) is 3.25. The molecule has 0 radical (unpaired) electrons. The van der Waals surface area contributed by atoms with Crippen LogP contribution in [-0.4, -0.2) is 39.5 Å². The van der Waals surface area contributed by atoms with Crippen molar-refractivity contribution in [2.45, 2.75) is 18.0 Å². The normalized spacial score (nSPS) is 14.7. The highest BCUT2D eigenvalue weighted by molar-refractivity contribution is 7.90. The van der Waals surface area contributed by atoms with Crippen LogP contribution in [0.3, 0.4) is 0 Å². The van der Waals surface area contributed by atoms with Crippen molar-refractivity contribution in [3.05, 3.63) is 72.1 Å². The molecule has 0 bridgehead atoms. The lowest BCUT2D eigenvalue weighted by molar-refractivity contribution is -0.116. The van der Waals surface area contributed by atoms with E-state index in [1.807, 2.05) is 6.07 Å². The van der Waals surface area contributed by atoms with Gasteiger partial charge in [-0.2, -0.15) is 0 Å². The van der Waals surface area contributed by atoms with E-state index in [1.54, 1.807) is 36.4 Å². The molecule has 9 nitrogen and oxygen atoms in total. The molecule has 0 spiro atoms. The van der Waals surface area contributed by atoms with E-state index in [9.17, 15) is 18.0 Å². The van der Waals surface area contributed by atoms with Crippen LogP contribution in [0, 0.1) is 0 Å². The number of aromatic nitrogens is 3. The van der Waals surface area contributed by atoms with Crippen molar-refractivity contribution in [2.75, 3.05) is 5.32 Å². The molecule has 1 aliphatic rings. The average Bonchev–Trinajstić information content (AvgIpc) is 3.19. The Kier molecular flexibility index (Phi) is 4.40. The largest absolute Gasteiger partial charge is 0.324 e. The zero-order chi connectivity index (χ0) is 19.7. The third-order valence-corrected chi connectivity index (χ3v) is 5.95. The van der Waals surface area contributed by atoms with Crippen molar-refractivity contribution >= 4 is 27.5 Å². The van der Waals surface area contributed by atoms with Gasteiger partial charge in [0, 0.05) is 5.69 Å². The summed E-state index contributed by atoms with van der Waals surface area (Å²) in [4.78, 5) is 24.5. The third-order valence-electron chi connectivity index (χ3n) is 4.17. The Morgan fingerprint density at radius 1 is 1.04 bits per heavy atom. The Morgan fingerprint density at radius 3 is 2.50 bits per heavy atom. The Hall–Kier alpha value is -3.53. The average molecular weight is 397 g/mol. The second-order valence-corrected chi connectivity index (χ2v) is 7.97. The Labute approximate surface area is 160 Å². The first kappa shape index (κ1) is 17.9. The number of para-hydroxylation sites is 1. The van der Waals surface area contributed by atoms with Gasteiger partial charge in [-0.15, -0.1) is 5.10 Å². The molecule has 2 aromatic carbocycles. The summed E-state index contributed by atoms with van der Waals surface area (Å²) in [6, 6.07) is 15.0. The summed E-state index contributed by atoms with van der Waals surface area (Å²) in [5, 5.41) is 10.4. The summed E-state index contributed by atoms with van der Waals surface area (Å²) in [5.41, 5.74) is 1.05. The molecule has 3 aromatic rings. The van der Waals surface area contributed by atoms with Gasteiger partial charge in [0.2, 0.25) is 5.91 Å². The number of carbonyl (C=O) groups excluding carboxylic acids is 2. The lowest BCUT2D eigenvalue weighted by Crippen LogP contribution is -2.29. The molecule has 0 fully saturated rings. The van der Waals surface area contributed by atoms with Gasteiger partial charge in [0.05, 0.1) is 18.3 Å². The van der Waals surface area contributed by atoms with Crippen LogP contribution < -0.4 is 5.32 Å². The highest BCUT2D eigenvalue weighted by Gasteiger charge is 2.41. The fourth-order valence-corrected chi connectivity index (χ4v) is 4.43. The Balaban J connectivity index is 1.46. The fourth-order valence-electron chi connectivity index (χ4n) is 2.89. The van der Waals surface area contributed by atoms with Gasteiger partial charge in [0.25, 0.3) is 15.9 Å². The molecule has 0 unspecified atom stereocenters. The van der Waals surface area contributed by atoms with Gasteiger partial charge in [-0.25, -0.2) is 17.4 Å². The van der Waals surface area contributed by atoms with Crippen LogP contribution in [-0.2, 0) is 27.9 Å². The van der Waals surface area contributed by atoms with Crippen LogP contribution in [0.25, 0.3) is 0 Å². The van der Waals surface area contributed by atoms with Gasteiger partial charge in [-0.3, -0.25) is 9.59 Å². The maximum atomic E-state index is 12.6. The molecule has 0 atom stereocenters. The summed E-state index contributed by atoms with van der Waals surface area (Å²) in [6.45, 7) is -0.348. The molecular formula is C18H15N5O4S. The maximum Gasteiger partial charge on any atom is 0.269 e. The fraction of sp³-hybridized carbons (Fsp3) is 0.111. The van der Waals surface area contributed by atoms with Crippen LogP contribution >= 0.6 is 0 Å². The first-order chi connectivity index (χ1) is 13.4. The molecule has 0 aliphatic carbocycles. The summed E-state index contributed by atoms with van der Waals surface area (Å²) in [6.07, 6.45) is 1.44. The molecule has 2 heterocycles. The van der Waals surface area contributed by atoms with Gasteiger partial charge in [-0.05, 0) is 24.3 Å². The minimum atomic E-state index is -3.92. The minimum absolute atomic E-state index is 0.0189. The van der Waals surface area contributed by atoms with E-state index >= 15 is 0 Å². The summed E-state index contributed by atoms with van der Waals surface area (Å²) < 4.78 is 27.2. The molecule has 1 N–H and O–H groups in total. The summed E-state index contributed by atoms with van der Waals surface area (Å²) >= 11 is 0. The van der Waals surface area contributed by atoms with E-state index in [0.29, 0.717) is 5.69 Å². The second-order valence-electron chi connectivity index (χ2n) is 6.13. The number of fused-ring (bicyclic) bond motifs is 1. The van der Waals surface area contributed by atoms with E-state index < -0.39 is 15.9 Å². The van der Waals surface area contributed by atoms with Crippen molar-refractivity contribution in [1.82, 2.24) is 19.3 Å². The minimum Gasteiger partial charge on any atom is -0.324 e. The standard InChI is InChI=1S/C18H15N5O4S/c24-17(19-13-6-2-1-3-7-13)12-22-10-14(20-21-22)11-23-18(25)15-8-4-5-9-16(15)28(23,26)27/h1-10H,11-12H2,(H,19,24). The molecular weight excluding hydrogens is 382 g/mol. The number of hydrogen-bond donors (Lipinski definition) is 1. The maximum absolute atomic E-state index is 12.6. The van der Waals surface area contributed by atoms with E-state index in [0.717, 1.165) is 4.31 Å². The number of nitrogens with one attached hydrogen (secondary N) is 1. The number of nitrogens with zero attached hydrogens (tertiary/aromatic N) is 4. The SMILES string of the molecule is O=C(Cn1cc(CN2C(=O)c3ccccc3S2(=O)=O)nn1)Nc1ccccc1. The van der Waals surface area contributed by atoms with E-state index in [4.69, 9.17) is 0 Å². The van der Waals surface area contributed by atoms with Gasteiger partial charge < -0.3 is 5.32 Å². The molecule has 1 aromatic heterocycles. The van der Waals surface area contributed by atoms with Crippen LogP contribution in [0.4, 0.5) is 5.69 Å². The van der Waals surface area contributed by atoms with Crippen LogP contribution in [0.5, 0.6) is 0 Å². The summed E-state index contributed by atoms with van der Waals surface area (Å²) in [5.74, 6) is -0.910. The number of rotatable bonds is 5. The zero-order valence-electron chi connectivity index (χ0n) is 14.5. The van der Waals surface area contributed by atoms with Crippen molar-refractivity contribution in [2.24, 2.45) is 0 Å². The molecule has 0 saturated heterocycles. The van der Waals surface area contributed by atoms with Crippen LogP contribution in [0.15, 0.2) is 65.7 Å². The zero-order valence-corrected chi connectivity index (χ0v) is 15.3. The number of benzene rings is 2. The Bertz CT molecular complexity index is 1160. The van der Waals surface area contributed by atoms with Crippen LogP contribution in [0.2, 0.25) is 0 Å². The van der Waals surface area contributed by atoms with Gasteiger partial charge in [-0.1, -0.05) is 35.5 Å². The molecule has 1 aliphatic heterocycles. The Morgan fingerprint density at radius 2 is 1.75 bits per heavy atom. The van der Waals surface area contributed by atoms with Crippen molar-refractivity contribution in [1.29, 1.82) is 0 Å². The van der Waals surface area contributed by atoms with Crippen molar-refractivity contribution in [3.8, 4) is 0 Å². The second kappa shape index (κ2) is 6.89. The molecule has 2 amide bonds. The lowest BCUT2D eigenvalue weighted by atomic mass is 10.2. The van der Waals surface area contributed by atoms with Gasteiger partial charge >= 0.3 is 0 Å². The number of sulfonamides is 1. The summed E-state index contributed by atoms with van der Waals surface area (Å²) in [7, 11) is -3.92. The van der Waals surface area contributed by atoms with Crippen molar-refractivity contribution < 1.29 is 18.0 Å². The van der Waals surface area contributed by atoms with Gasteiger partial charge in [0.1, 0.15) is 17.1 Å². The van der Waals surface area contributed by atoms with Crippen LogP contribution in [0.1, 0.15) is 16.1 Å². The molecule has 28 heavy (non-hydrogen) atoms. The number of hydrogen-bond acceptors (Lipinski definition) is 6. The molecule has 10 heteroatoms. The monoisotopic (exact) mass is 397 g/mol. The molecule has 142 valence electrons. The highest BCUT2D eigenvalue weighted by Crippen LogP contribution is 2.30. The molecule has 4 rings (SSSR count). The van der Waals surface area contributed by atoms with E-state index in [-0.39, 0.29) is 35.1 Å². The lowest BCUT2D eigenvalue weighted by Gasteiger charge is -2.12. The first-order valence-corrected chi connectivity index (χ1v) is 9.79. The van der Waals surface area contributed by atoms with Crippen molar-refractivity contribution in [3.63, 3.8) is 0 Å². The predicted octanol–water partition coefficient (Wildman–Crippen LogP) is 1.26. The first-order valence-electron chi connectivity index (χ1n) is 8.35. The van der Waals surface area contributed by atoms with E-state index in [2.05, 4.69) is 15.6 Å². The number of amides is 2. The van der Waals surface area contributed by atoms with E-state index in [1.165, 1.54) is 23.0 Å². The predicted molar refractivity (Wildman–Crippen MR) is 98.6 cm³/mol. The van der Waals surface area contributed by atoms with Gasteiger partial charge in [0.15, 0.2) is 0 Å². The quantitative estimate of drug-likeness (QED) is 0.693. The highest BCUT2D eigenvalue weighted by atomic mass is 32.2.